The van der Waals surface area contributed by atoms with Crippen LogP contribution in [0.5, 0.6) is 0 Å². The Balaban J connectivity index is 1.79. The Morgan fingerprint density at radius 3 is 2.62 bits per heavy atom. The largest absolute Gasteiger partial charge is 0.354 e. The average molecular weight is 331 g/mol. The first-order valence-electron chi connectivity index (χ1n) is 9.19. The summed E-state index contributed by atoms with van der Waals surface area (Å²) in [5.41, 5.74) is 1.10. The maximum absolute atomic E-state index is 11.6. The quantitative estimate of drug-likeness (QED) is 0.845. The molecule has 0 saturated carbocycles. The second-order valence-electron chi connectivity index (χ2n) is 6.94. The third kappa shape index (κ3) is 3.62. The Morgan fingerprint density at radius 2 is 1.96 bits per heavy atom. The molecule has 2 aliphatic rings. The van der Waals surface area contributed by atoms with Crippen LogP contribution in [0.15, 0.2) is 6.07 Å². The van der Waals surface area contributed by atoms with E-state index in [0.717, 1.165) is 56.5 Å². The number of aryl methyl sites for hydroxylation is 1. The molecule has 3 rings (SSSR count). The standard InChI is InChI=1S/C18H29N5O/c1-4-15-12-17(20-18(19-15)22-9-6-5-7-10-22)23-11-8-16(13-23)21(3)14(2)24/h12,16H,4-11,13H2,1-3H3/t16-/m0/s1. The molecule has 0 radical (unpaired) electrons. The number of rotatable bonds is 4. The van der Waals surface area contributed by atoms with E-state index in [2.05, 4.69) is 22.8 Å². The van der Waals surface area contributed by atoms with Crippen LogP contribution in [0.1, 0.15) is 45.2 Å². The monoisotopic (exact) mass is 331 g/mol. The van der Waals surface area contributed by atoms with E-state index in [-0.39, 0.29) is 11.9 Å². The van der Waals surface area contributed by atoms with Gasteiger partial charge in [0.15, 0.2) is 0 Å². The number of hydrogen-bond acceptors (Lipinski definition) is 5. The number of nitrogens with zero attached hydrogens (tertiary/aromatic N) is 5. The summed E-state index contributed by atoms with van der Waals surface area (Å²) in [5, 5.41) is 0. The fraction of sp³-hybridized carbons (Fsp3) is 0.722. The molecule has 6 heteroatoms. The number of aromatic nitrogens is 2. The predicted molar refractivity (Wildman–Crippen MR) is 96.5 cm³/mol. The Kier molecular flexibility index (Phi) is 5.21. The molecule has 6 nitrogen and oxygen atoms in total. The number of likely N-dealkylation sites (N-methyl/N-ethyl adjacent to an activating group) is 1. The minimum atomic E-state index is 0.132. The number of carbonyl (C=O) groups excluding carboxylic acids is 1. The van der Waals surface area contributed by atoms with Gasteiger partial charge in [0, 0.05) is 51.9 Å². The van der Waals surface area contributed by atoms with E-state index in [1.54, 1.807) is 6.92 Å². The number of piperidine rings is 1. The van der Waals surface area contributed by atoms with Gasteiger partial charge in [-0.2, -0.15) is 4.98 Å². The van der Waals surface area contributed by atoms with Crippen molar-refractivity contribution in [3.8, 4) is 0 Å². The van der Waals surface area contributed by atoms with Crippen LogP contribution in [0, 0.1) is 0 Å². The van der Waals surface area contributed by atoms with Gasteiger partial charge in [0.1, 0.15) is 5.82 Å². The van der Waals surface area contributed by atoms with Gasteiger partial charge in [-0.3, -0.25) is 4.79 Å². The molecular formula is C18H29N5O. The van der Waals surface area contributed by atoms with Gasteiger partial charge in [0.05, 0.1) is 6.04 Å². The van der Waals surface area contributed by atoms with Crippen molar-refractivity contribution in [2.75, 3.05) is 43.0 Å². The molecular weight excluding hydrogens is 302 g/mol. The third-order valence-electron chi connectivity index (χ3n) is 5.29. The lowest BCUT2D eigenvalue weighted by molar-refractivity contribution is -0.129. The highest BCUT2D eigenvalue weighted by atomic mass is 16.2. The van der Waals surface area contributed by atoms with E-state index in [9.17, 15) is 4.79 Å². The molecule has 1 atom stereocenters. The minimum Gasteiger partial charge on any atom is -0.354 e. The topological polar surface area (TPSA) is 52.6 Å². The van der Waals surface area contributed by atoms with Crippen LogP contribution in [-0.4, -0.2) is 60.0 Å². The number of amides is 1. The van der Waals surface area contributed by atoms with Crippen molar-refractivity contribution in [3.05, 3.63) is 11.8 Å². The smallest absolute Gasteiger partial charge is 0.227 e. The van der Waals surface area contributed by atoms with Crippen LogP contribution in [0.3, 0.4) is 0 Å². The molecule has 1 aromatic rings. The van der Waals surface area contributed by atoms with Crippen LogP contribution in [-0.2, 0) is 11.2 Å². The highest BCUT2D eigenvalue weighted by molar-refractivity contribution is 5.73. The molecule has 2 aliphatic heterocycles. The van der Waals surface area contributed by atoms with E-state index in [1.165, 1.54) is 19.3 Å². The summed E-state index contributed by atoms with van der Waals surface area (Å²) in [4.78, 5) is 27.7. The zero-order chi connectivity index (χ0) is 17.1. The average Bonchev–Trinajstić information content (AvgIpc) is 3.11. The maximum Gasteiger partial charge on any atom is 0.227 e. The highest BCUT2D eigenvalue weighted by Gasteiger charge is 2.28. The summed E-state index contributed by atoms with van der Waals surface area (Å²) < 4.78 is 0. The summed E-state index contributed by atoms with van der Waals surface area (Å²) in [7, 11) is 1.90. The fourth-order valence-electron chi connectivity index (χ4n) is 3.57. The first-order valence-corrected chi connectivity index (χ1v) is 9.19. The molecule has 24 heavy (non-hydrogen) atoms. The van der Waals surface area contributed by atoms with Crippen molar-refractivity contribution in [1.29, 1.82) is 0 Å². The number of carbonyl (C=O) groups is 1. The molecule has 132 valence electrons. The van der Waals surface area contributed by atoms with Gasteiger partial charge in [-0.25, -0.2) is 4.98 Å². The second kappa shape index (κ2) is 7.36. The molecule has 0 spiro atoms. The van der Waals surface area contributed by atoms with Crippen LogP contribution >= 0.6 is 0 Å². The molecule has 0 aromatic carbocycles. The Hall–Kier alpha value is -1.85. The lowest BCUT2D eigenvalue weighted by Crippen LogP contribution is -2.38. The zero-order valence-electron chi connectivity index (χ0n) is 15.2. The summed E-state index contributed by atoms with van der Waals surface area (Å²) in [5.74, 6) is 2.03. The van der Waals surface area contributed by atoms with Gasteiger partial charge >= 0.3 is 0 Å². The van der Waals surface area contributed by atoms with Crippen molar-refractivity contribution < 1.29 is 4.79 Å². The Labute approximate surface area is 144 Å². The van der Waals surface area contributed by atoms with E-state index >= 15 is 0 Å². The van der Waals surface area contributed by atoms with Gasteiger partial charge in [0.2, 0.25) is 11.9 Å². The molecule has 1 aromatic heterocycles. The highest BCUT2D eigenvalue weighted by Crippen LogP contribution is 2.25. The summed E-state index contributed by atoms with van der Waals surface area (Å²) >= 11 is 0. The summed E-state index contributed by atoms with van der Waals surface area (Å²) in [6, 6.07) is 2.39. The third-order valence-corrected chi connectivity index (χ3v) is 5.29. The van der Waals surface area contributed by atoms with Crippen molar-refractivity contribution >= 4 is 17.7 Å². The fourth-order valence-corrected chi connectivity index (χ4v) is 3.57. The second-order valence-corrected chi connectivity index (χ2v) is 6.94. The normalized spacial score (nSPS) is 21.2. The summed E-state index contributed by atoms with van der Waals surface area (Å²) in [6.07, 6.45) is 5.68. The van der Waals surface area contributed by atoms with Crippen LogP contribution < -0.4 is 9.80 Å². The lowest BCUT2D eigenvalue weighted by Gasteiger charge is -2.28. The number of hydrogen-bond donors (Lipinski definition) is 0. The first kappa shape index (κ1) is 17.0. The molecule has 1 amide bonds. The van der Waals surface area contributed by atoms with E-state index in [0.29, 0.717) is 0 Å². The van der Waals surface area contributed by atoms with Crippen molar-refractivity contribution in [1.82, 2.24) is 14.9 Å². The molecule has 0 N–H and O–H groups in total. The van der Waals surface area contributed by atoms with Crippen LogP contribution in [0.4, 0.5) is 11.8 Å². The molecule has 0 unspecified atom stereocenters. The SMILES string of the molecule is CCc1cc(N2CC[C@H](N(C)C(C)=O)C2)nc(N2CCCCC2)n1. The Morgan fingerprint density at radius 1 is 1.21 bits per heavy atom. The molecule has 0 bridgehead atoms. The van der Waals surface area contributed by atoms with Gasteiger partial charge in [-0.15, -0.1) is 0 Å². The van der Waals surface area contributed by atoms with Gasteiger partial charge in [-0.1, -0.05) is 6.92 Å². The van der Waals surface area contributed by atoms with E-state index in [4.69, 9.17) is 9.97 Å². The van der Waals surface area contributed by atoms with E-state index in [1.807, 2.05) is 11.9 Å². The van der Waals surface area contributed by atoms with Gasteiger partial charge in [0.25, 0.3) is 0 Å². The Bertz CT molecular complexity index is 585. The number of anilines is 2. The van der Waals surface area contributed by atoms with Gasteiger partial charge < -0.3 is 14.7 Å². The molecule has 3 heterocycles. The molecule has 0 aliphatic carbocycles. The zero-order valence-corrected chi connectivity index (χ0v) is 15.2. The predicted octanol–water partition coefficient (Wildman–Crippen LogP) is 2.09. The summed E-state index contributed by atoms with van der Waals surface area (Å²) in [6.45, 7) is 7.70. The first-order chi connectivity index (χ1) is 11.6. The van der Waals surface area contributed by atoms with Crippen LogP contribution in [0.2, 0.25) is 0 Å². The van der Waals surface area contributed by atoms with Crippen LogP contribution in [0.25, 0.3) is 0 Å². The lowest BCUT2D eigenvalue weighted by atomic mass is 10.1. The van der Waals surface area contributed by atoms with Gasteiger partial charge in [-0.05, 0) is 32.1 Å². The maximum atomic E-state index is 11.6. The van der Waals surface area contributed by atoms with E-state index < -0.39 is 0 Å². The molecule has 2 fully saturated rings. The van der Waals surface area contributed by atoms with Crippen molar-refractivity contribution in [2.45, 2.75) is 52.0 Å². The van der Waals surface area contributed by atoms with Crippen molar-refractivity contribution in [3.63, 3.8) is 0 Å². The molecule has 2 saturated heterocycles. The minimum absolute atomic E-state index is 0.132. The van der Waals surface area contributed by atoms with Crippen molar-refractivity contribution in [2.24, 2.45) is 0 Å².